The maximum Gasteiger partial charge on any atom is 0.165 e. The molecule has 2 aromatic heterocycles. The fourth-order valence-electron chi connectivity index (χ4n) is 2.21. The first-order valence-electron chi connectivity index (χ1n) is 5.95. The van der Waals surface area contributed by atoms with Crippen molar-refractivity contribution >= 4 is 40.4 Å². The second-order valence-electron chi connectivity index (χ2n) is 4.54. The second-order valence-corrected chi connectivity index (χ2v) is 5.77. The normalized spacial score (nSPS) is 11.2. The van der Waals surface area contributed by atoms with Crippen LogP contribution >= 0.6 is 34.8 Å². The number of aryl methyl sites for hydroxylation is 2. The van der Waals surface area contributed by atoms with Gasteiger partial charge in [0.25, 0.3) is 0 Å². The van der Waals surface area contributed by atoms with E-state index in [1.165, 1.54) is 0 Å². The highest BCUT2D eigenvalue weighted by Gasteiger charge is 2.17. The molecule has 3 rings (SSSR count). The lowest BCUT2D eigenvalue weighted by Crippen LogP contribution is -1.94. The van der Waals surface area contributed by atoms with Gasteiger partial charge in [-0.1, -0.05) is 40.9 Å². The summed E-state index contributed by atoms with van der Waals surface area (Å²) in [6.45, 7) is 3.79. The quantitative estimate of drug-likeness (QED) is 0.591. The van der Waals surface area contributed by atoms with Gasteiger partial charge in [-0.3, -0.25) is 0 Å². The Kier molecular flexibility index (Phi) is 3.36. The zero-order valence-electron chi connectivity index (χ0n) is 10.8. The molecule has 0 radical (unpaired) electrons. The van der Waals surface area contributed by atoms with Gasteiger partial charge in [-0.2, -0.15) is 5.10 Å². The molecule has 0 aliphatic carbocycles. The highest BCUT2D eigenvalue weighted by Crippen LogP contribution is 2.35. The van der Waals surface area contributed by atoms with Gasteiger partial charge < -0.3 is 0 Å². The molecule has 2 heterocycles. The Labute approximate surface area is 131 Å². The van der Waals surface area contributed by atoms with Crippen molar-refractivity contribution in [1.29, 1.82) is 0 Å². The van der Waals surface area contributed by atoms with E-state index in [-0.39, 0.29) is 0 Å². The average Bonchev–Trinajstić information content (AvgIpc) is 2.67. The number of benzene rings is 1. The van der Waals surface area contributed by atoms with Gasteiger partial charge in [-0.05, 0) is 32.0 Å². The Hall–Kier alpha value is -1.29. The van der Waals surface area contributed by atoms with Crippen molar-refractivity contribution < 1.29 is 0 Å². The van der Waals surface area contributed by atoms with Crippen LogP contribution in [0.3, 0.4) is 0 Å². The minimum Gasteiger partial charge on any atom is -0.233 e. The lowest BCUT2D eigenvalue weighted by atomic mass is 10.1. The number of hydrogen-bond donors (Lipinski definition) is 0. The topological polar surface area (TPSA) is 30.2 Å². The molecule has 1 aromatic carbocycles. The van der Waals surface area contributed by atoms with Crippen molar-refractivity contribution in [3.05, 3.63) is 50.9 Å². The van der Waals surface area contributed by atoms with E-state index in [1.54, 1.807) is 22.7 Å². The van der Waals surface area contributed by atoms with Crippen LogP contribution in [0, 0.1) is 13.8 Å². The number of rotatable bonds is 1. The molecule has 0 bridgehead atoms. The number of fused-ring (bicyclic) bond motifs is 1. The maximum absolute atomic E-state index is 6.29. The van der Waals surface area contributed by atoms with Gasteiger partial charge in [-0.25, -0.2) is 9.50 Å². The molecule has 102 valence electrons. The van der Waals surface area contributed by atoms with Crippen molar-refractivity contribution in [3.8, 4) is 11.1 Å². The SMILES string of the molecule is Cc1cc(Cl)n2nc(C)c(-c3ccc(Cl)cc3Cl)c2n1. The van der Waals surface area contributed by atoms with Crippen LogP contribution in [0.2, 0.25) is 15.2 Å². The third-order valence-corrected chi connectivity index (χ3v) is 3.87. The summed E-state index contributed by atoms with van der Waals surface area (Å²) in [7, 11) is 0. The van der Waals surface area contributed by atoms with Gasteiger partial charge >= 0.3 is 0 Å². The Bertz CT molecular complexity index is 824. The monoisotopic (exact) mass is 325 g/mol. The lowest BCUT2D eigenvalue weighted by Gasteiger charge is -2.05. The summed E-state index contributed by atoms with van der Waals surface area (Å²) in [5.41, 5.74) is 4.05. The molecule has 0 saturated carbocycles. The fourth-order valence-corrected chi connectivity index (χ4v) is 2.99. The standard InChI is InChI=1S/C14H10Cl3N3/c1-7-5-12(17)20-14(18-7)13(8(2)19-20)10-4-3-9(15)6-11(10)16/h3-6H,1-2H3. The lowest BCUT2D eigenvalue weighted by molar-refractivity contribution is 0.910. The van der Waals surface area contributed by atoms with E-state index in [2.05, 4.69) is 10.1 Å². The molecule has 3 nitrogen and oxygen atoms in total. The van der Waals surface area contributed by atoms with Crippen LogP contribution in [0.5, 0.6) is 0 Å². The van der Waals surface area contributed by atoms with Crippen molar-refractivity contribution in [2.24, 2.45) is 0 Å². The van der Waals surface area contributed by atoms with Crippen molar-refractivity contribution in [2.75, 3.05) is 0 Å². The molecule has 0 saturated heterocycles. The minimum absolute atomic E-state index is 0.520. The fraction of sp³-hybridized carbons (Fsp3) is 0.143. The largest absolute Gasteiger partial charge is 0.233 e. The van der Waals surface area contributed by atoms with Gasteiger partial charge in [-0.15, -0.1) is 0 Å². The van der Waals surface area contributed by atoms with E-state index < -0.39 is 0 Å². The first-order chi connectivity index (χ1) is 9.47. The molecule has 0 N–H and O–H groups in total. The molecule has 6 heteroatoms. The van der Waals surface area contributed by atoms with Gasteiger partial charge in [0.2, 0.25) is 0 Å². The predicted molar refractivity (Wildman–Crippen MR) is 82.9 cm³/mol. The number of aromatic nitrogens is 3. The molecule has 3 aromatic rings. The molecule has 0 amide bonds. The van der Waals surface area contributed by atoms with Gasteiger partial charge in [0.05, 0.1) is 16.3 Å². The van der Waals surface area contributed by atoms with Crippen molar-refractivity contribution in [1.82, 2.24) is 14.6 Å². The molecular formula is C14H10Cl3N3. The summed E-state index contributed by atoms with van der Waals surface area (Å²) in [6, 6.07) is 7.14. The molecule has 0 atom stereocenters. The Morgan fingerprint density at radius 1 is 1.05 bits per heavy atom. The second kappa shape index (κ2) is 4.92. The number of nitrogens with zero attached hydrogens (tertiary/aromatic N) is 3. The van der Waals surface area contributed by atoms with Crippen LogP contribution < -0.4 is 0 Å². The summed E-state index contributed by atoms with van der Waals surface area (Å²) >= 11 is 18.4. The average molecular weight is 327 g/mol. The maximum atomic E-state index is 6.29. The molecular weight excluding hydrogens is 317 g/mol. The van der Waals surface area contributed by atoms with Crippen LogP contribution in [0.25, 0.3) is 16.8 Å². The van der Waals surface area contributed by atoms with E-state index in [0.29, 0.717) is 20.8 Å². The van der Waals surface area contributed by atoms with Gasteiger partial charge in [0.15, 0.2) is 5.65 Å². The highest BCUT2D eigenvalue weighted by atomic mass is 35.5. The molecule has 0 aliphatic rings. The van der Waals surface area contributed by atoms with E-state index in [1.807, 2.05) is 19.9 Å². The van der Waals surface area contributed by atoms with E-state index in [0.717, 1.165) is 22.5 Å². The summed E-state index contributed by atoms with van der Waals surface area (Å²) in [6.07, 6.45) is 0. The van der Waals surface area contributed by atoms with Gasteiger partial charge in [0.1, 0.15) is 5.15 Å². The molecule has 0 unspecified atom stereocenters. The smallest absolute Gasteiger partial charge is 0.165 e. The third kappa shape index (κ3) is 2.16. The summed E-state index contributed by atoms with van der Waals surface area (Å²) < 4.78 is 1.62. The summed E-state index contributed by atoms with van der Waals surface area (Å²) in [4.78, 5) is 4.52. The zero-order valence-corrected chi connectivity index (χ0v) is 13.1. The first-order valence-corrected chi connectivity index (χ1v) is 7.08. The third-order valence-electron chi connectivity index (χ3n) is 3.05. The van der Waals surface area contributed by atoms with E-state index in [4.69, 9.17) is 34.8 Å². The van der Waals surface area contributed by atoms with Crippen LogP contribution in [0.1, 0.15) is 11.4 Å². The Morgan fingerprint density at radius 3 is 2.50 bits per heavy atom. The Balaban J connectivity index is 2.38. The molecule has 0 spiro atoms. The predicted octanol–water partition coefficient (Wildman–Crippen LogP) is 4.97. The van der Waals surface area contributed by atoms with Crippen molar-refractivity contribution in [3.63, 3.8) is 0 Å². The molecule has 0 aliphatic heterocycles. The van der Waals surface area contributed by atoms with E-state index in [9.17, 15) is 0 Å². The Morgan fingerprint density at radius 2 is 1.80 bits per heavy atom. The molecule has 20 heavy (non-hydrogen) atoms. The summed E-state index contributed by atoms with van der Waals surface area (Å²) in [5.74, 6) is 0. The minimum atomic E-state index is 0.520. The number of halogens is 3. The molecule has 0 fully saturated rings. The van der Waals surface area contributed by atoms with Crippen LogP contribution in [-0.2, 0) is 0 Å². The summed E-state index contributed by atoms with van der Waals surface area (Å²) in [5, 5.41) is 6.10. The van der Waals surface area contributed by atoms with Gasteiger partial charge in [0, 0.05) is 16.3 Å². The first kappa shape index (κ1) is 13.7. The highest BCUT2D eigenvalue weighted by molar-refractivity contribution is 6.36. The zero-order chi connectivity index (χ0) is 14.4. The van der Waals surface area contributed by atoms with E-state index >= 15 is 0 Å². The van der Waals surface area contributed by atoms with Crippen molar-refractivity contribution in [2.45, 2.75) is 13.8 Å². The number of hydrogen-bond acceptors (Lipinski definition) is 2. The van der Waals surface area contributed by atoms with Crippen LogP contribution in [0.4, 0.5) is 0 Å². The van der Waals surface area contributed by atoms with Crippen LogP contribution in [-0.4, -0.2) is 14.6 Å². The van der Waals surface area contributed by atoms with Crippen LogP contribution in [0.15, 0.2) is 24.3 Å².